The highest BCUT2D eigenvalue weighted by molar-refractivity contribution is 7.20. The maximum absolute atomic E-state index is 11.2. The van der Waals surface area contributed by atoms with Gasteiger partial charge in [0.05, 0.1) is 17.0 Å². The second-order valence-electron chi connectivity index (χ2n) is 2.41. The molecule has 0 saturated carbocycles. The number of methoxy groups -OCH3 is 1. The smallest absolute Gasteiger partial charge is 0.353 e. The van der Waals surface area contributed by atoms with Gasteiger partial charge in [-0.05, 0) is 11.3 Å². The molecule has 0 aromatic carbocycles. The molecule has 1 rings (SSSR count). The highest BCUT2D eigenvalue weighted by Gasteiger charge is 2.38. The highest BCUT2D eigenvalue weighted by Crippen LogP contribution is 2.43. The van der Waals surface area contributed by atoms with Crippen molar-refractivity contribution < 1.29 is 19.4 Å². The standard InChI is InChI=1S/C6H3ClN2O6S/c1-15-6(10)2-3(8(11)12)4(7)16-5(2)9(13)14/h1H3. The minimum absolute atomic E-state index is 0.345. The Kier molecular flexibility index (Phi) is 3.40. The number of nitrogens with zero attached hydrogens (tertiary/aromatic N) is 2. The van der Waals surface area contributed by atoms with Gasteiger partial charge in [0.25, 0.3) is 0 Å². The number of hydrogen-bond donors (Lipinski definition) is 0. The fraction of sp³-hybridized carbons (Fsp3) is 0.167. The molecule has 16 heavy (non-hydrogen) atoms. The molecule has 10 heteroatoms. The zero-order valence-electron chi connectivity index (χ0n) is 7.63. The lowest BCUT2D eigenvalue weighted by Crippen LogP contribution is -2.06. The molecule has 0 bridgehead atoms. The van der Waals surface area contributed by atoms with Crippen molar-refractivity contribution in [2.75, 3.05) is 7.11 Å². The first-order valence-corrected chi connectivity index (χ1v) is 4.79. The summed E-state index contributed by atoms with van der Waals surface area (Å²) in [6.45, 7) is 0. The van der Waals surface area contributed by atoms with Gasteiger partial charge in [-0.3, -0.25) is 20.2 Å². The number of carbonyl (C=O) groups is 1. The second kappa shape index (κ2) is 4.41. The lowest BCUT2D eigenvalue weighted by atomic mass is 10.3. The number of hydrogen-bond acceptors (Lipinski definition) is 7. The van der Waals surface area contributed by atoms with Crippen LogP contribution in [0.15, 0.2) is 0 Å². The molecule has 1 aromatic rings. The lowest BCUT2D eigenvalue weighted by molar-refractivity contribution is -0.390. The molecule has 86 valence electrons. The zero-order chi connectivity index (χ0) is 12.5. The van der Waals surface area contributed by atoms with E-state index in [1.54, 1.807) is 0 Å². The van der Waals surface area contributed by atoms with E-state index in [0.717, 1.165) is 7.11 Å². The highest BCUT2D eigenvalue weighted by atomic mass is 35.5. The number of carbonyl (C=O) groups excluding carboxylic acids is 1. The summed E-state index contributed by atoms with van der Waals surface area (Å²) in [7, 11) is 0.960. The summed E-state index contributed by atoms with van der Waals surface area (Å²) in [4.78, 5) is 30.5. The van der Waals surface area contributed by atoms with Gasteiger partial charge in [-0.15, -0.1) is 0 Å². The molecule has 0 aliphatic heterocycles. The molecule has 1 heterocycles. The Morgan fingerprint density at radius 1 is 1.38 bits per heavy atom. The predicted octanol–water partition coefficient (Wildman–Crippen LogP) is 2.00. The molecule has 0 radical (unpaired) electrons. The first kappa shape index (κ1) is 12.3. The average Bonchev–Trinajstić information content (AvgIpc) is 2.54. The summed E-state index contributed by atoms with van der Waals surface area (Å²) in [6.07, 6.45) is 0. The van der Waals surface area contributed by atoms with E-state index in [2.05, 4.69) is 4.74 Å². The van der Waals surface area contributed by atoms with Crippen molar-refractivity contribution in [2.24, 2.45) is 0 Å². The van der Waals surface area contributed by atoms with Gasteiger partial charge in [0.2, 0.25) is 5.56 Å². The quantitative estimate of drug-likeness (QED) is 0.470. The Bertz CT molecular complexity index is 484. The maximum atomic E-state index is 11.2. The molecule has 0 aliphatic rings. The van der Waals surface area contributed by atoms with Crippen LogP contribution in [0.2, 0.25) is 4.34 Å². The number of nitro groups is 2. The molecule has 0 unspecified atom stereocenters. The van der Waals surface area contributed by atoms with Gasteiger partial charge in [0.1, 0.15) is 0 Å². The molecule has 1 aromatic heterocycles. The molecule has 0 atom stereocenters. The van der Waals surface area contributed by atoms with E-state index in [4.69, 9.17) is 11.6 Å². The third-order valence-corrected chi connectivity index (χ3v) is 2.89. The van der Waals surface area contributed by atoms with Crippen LogP contribution in [0.4, 0.5) is 10.7 Å². The Morgan fingerprint density at radius 2 is 1.94 bits per heavy atom. The third kappa shape index (κ3) is 1.95. The van der Waals surface area contributed by atoms with Gasteiger partial charge in [-0.25, -0.2) is 4.79 Å². The molecule has 8 nitrogen and oxygen atoms in total. The van der Waals surface area contributed by atoms with E-state index in [1.165, 1.54) is 0 Å². The largest absolute Gasteiger partial charge is 0.465 e. The second-order valence-corrected chi connectivity index (χ2v) is 4.01. The van der Waals surface area contributed by atoms with Crippen LogP contribution in [-0.4, -0.2) is 22.9 Å². The summed E-state index contributed by atoms with van der Waals surface area (Å²) < 4.78 is 3.80. The van der Waals surface area contributed by atoms with E-state index in [-0.39, 0.29) is 0 Å². The monoisotopic (exact) mass is 266 g/mol. The van der Waals surface area contributed by atoms with Gasteiger partial charge in [0.15, 0.2) is 4.34 Å². The van der Waals surface area contributed by atoms with Crippen LogP contribution in [0.3, 0.4) is 0 Å². The van der Waals surface area contributed by atoms with Crippen molar-refractivity contribution in [2.45, 2.75) is 0 Å². The first-order chi connectivity index (χ1) is 7.40. The molecule has 0 aliphatic carbocycles. The van der Waals surface area contributed by atoms with Crippen LogP contribution in [0.5, 0.6) is 0 Å². The first-order valence-electron chi connectivity index (χ1n) is 3.59. The minimum atomic E-state index is -1.17. The van der Waals surface area contributed by atoms with Crippen LogP contribution in [0.25, 0.3) is 0 Å². The Balaban J connectivity index is 3.55. The third-order valence-electron chi connectivity index (χ3n) is 1.56. The molecule has 0 N–H and O–H groups in total. The van der Waals surface area contributed by atoms with E-state index in [0.29, 0.717) is 11.3 Å². The number of halogens is 1. The van der Waals surface area contributed by atoms with Crippen molar-refractivity contribution >= 4 is 39.6 Å². The minimum Gasteiger partial charge on any atom is -0.465 e. The van der Waals surface area contributed by atoms with Gasteiger partial charge in [0, 0.05) is 0 Å². The van der Waals surface area contributed by atoms with Crippen molar-refractivity contribution in [3.63, 3.8) is 0 Å². The topological polar surface area (TPSA) is 113 Å². The molecule has 0 fully saturated rings. The van der Waals surface area contributed by atoms with E-state index >= 15 is 0 Å². The van der Waals surface area contributed by atoms with Crippen LogP contribution >= 0.6 is 22.9 Å². The summed E-state index contributed by atoms with van der Waals surface area (Å²) >= 11 is 5.80. The molecule has 0 saturated heterocycles. The summed E-state index contributed by atoms with van der Waals surface area (Å²) in [5.74, 6) is -1.17. The van der Waals surface area contributed by atoms with Gasteiger partial charge < -0.3 is 4.74 Å². The van der Waals surface area contributed by atoms with Gasteiger partial charge in [-0.1, -0.05) is 11.6 Å². The van der Waals surface area contributed by atoms with Crippen molar-refractivity contribution in [1.82, 2.24) is 0 Å². The normalized spacial score (nSPS) is 9.88. The van der Waals surface area contributed by atoms with E-state index in [1.807, 2.05) is 0 Å². The Hall–Kier alpha value is -1.74. The van der Waals surface area contributed by atoms with Crippen LogP contribution in [0.1, 0.15) is 10.4 Å². The predicted molar refractivity (Wildman–Crippen MR) is 54.0 cm³/mol. The average molecular weight is 267 g/mol. The zero-order valence-corrected chi connectivity index (χ0v) is 9.20. The molecule has 0 spiro atoms. The number of esters is 1. The summed E-state index contributed by atoms with van der Waals surface area (Å²) in [5.41, 5.74) is -1.53. The Morgan fingerprint density at radius 3 is 2.31 bits per heavy atom. The van der Waals surface area contributed by atoms with Crippen LogP contribution in [0, 0.1) is 20.2 Å². The van der Waals surface area contributed by atoms with Gasteiger partial charge in [-0.2, -0.15) is 0 Å². The summed E-state index contributed by atoms with van der Waals surface area (Å²) in [6, 6.07) is 0. The summed E-state index contributed by atoms with van der Waals surface area (Å²) in [5, 5.41) is 20.4. The molecular weight excluding hydrogens is 264 g/mol. The van der Waals surface area contributed by atoms with E-state index in [9.17, 15) is 25.0 Å². The fourth-order valence-corrected chi connectivity index (χ4v) is 2.14. The van der Waals surface area contributed by atoms with E-state index < -0.39 is 36.4 Å². The Labute approximate surface area is 96.7 Å². The number of ether oxygens (including phenoxy) is 1. The van der Waals surface area contributed by atoms with Gasteiger partial charge >= 0.3 is 16.7 Å². The number of rotatable bonds is 3. The maximum Gasteiger partial charge on any atom is 0.353 e. The molecule has 0 amide bonds. The van der Waals surface area contributed by atoms with Crippen LogP contribution < -0.4 is 0 Å². The molecular formula is C6H3ClN2O6S. The lowest BCUT2D eigenvalue weighted by Gasteiger charge is -1.95. The van der Waals surface area contributed by atoms with Crippen LogP contribution in [-0.2, 0) is 4.74 Å². The fourth-order valence-electron chi connectivity index (χ4n) is 0.961. The SMILES string of the molecule is COC(=O)c1c([N+](=O)[O-])sc(Cl)c1[N+](=O)[O-]. The van der Waals surface area contributed by atoms with Crippen molar-refractivity contribution in [3.8, 4) is 0 Å². The van der Waals surface area contributed by atoms with Crippen molar-refractivity contribution in [3.05, 3.63) is 30.1 Å². The van der Waals surface area contributed by atoms with Crippen molar-refractivity contribution in [1.29, 1.82) is 0 Å². The number of thiophene rings is 1.